The summed E-state index contributed by atoms with van der Waals surface area (Å²) in [5.41, 5.74) is 3.61. The number of carbonyl (C=O) groups is 1. The van der Waals surface area contributed by atoms with E-state index in [1.807, 2.05) is 5.38 Å². The van der Waals surface area contributed by atoms with Crippen molar-refractivity contribution in [3.8, 4) is 10.6 Å². The number of nitrogens with one attached hydrogen (secondary N) is 1. The minimum absolute atomic E-state index is 0.176. The maximum atomic E-state index is 12.4. The lowest BCUT2D eigenvalue weighted by atomic mass is 10.1. The quantitative estimate of drug-likeness (QED) is 0.543. The maximum absolute atomic E-state index is 12.4. The van der Waals surface area contributed by atoms with E-state index in [4.69, 9.17) is 23.2 Å². The molecule has 4 rings (SSSR count). The van der Waals surface area contributed by atoms with E-state index in [1.54, 1.807) is 29.5 Å². The molecule has 0 unspecified atom stereocenters. The minimum atomic E-state index is -0.176. The first-order valence-electron chi connectivity index (χ1n) is 10.2. The SMILES string of the molecule is CN1CCN(Cc2cccc(-c3nc(CC(=O)Nc4cc(Cl)ccc4Cl)cs3)c2)CC1. The van der Waals surface area contributed by atoms with Gasteiger partial charge in [-0.2, -0.15) is 0 Å². The van der Waals surface area contributed by atoms with Crippen molar-refractivity contribution >= 4 is 46.1 Å². The van der Waals surface area contributed by atoms with Crippen molar-refractivity contribution in [2.45, 2.75) is 13.0 Å². The molecule has 1 N–H and O–H groups in total. The smallest absolute Gasteiger partial charge is 0.230 e. The number of nitrogens with zero attached hydrogens (tertiary/aromatic N) is 3. The summed E-state index contributed by atoms with van der Waals surface area (Å²) in [6.45, 7) is 5.35. The lowest BCUT2D eigenvalue weighted by Gasteiger charge is -2.32. The number of anilines is 1. The van der Waals surface area contributed by atoms with E-state index in [0.29, 0.717) is 15.7 Å². The Labute approximate surface area is 196 Å². The van der Waals surface area contributed by atoms with Crippen molar-refractivity contribution in [3.63, 3.8) is 0 Å². The first-order valence-corrected chi connectivity index (χ1v) is 11.8. The van der Waals surface area contributed by atoms with Crippen LogP contribution >= 0.6 is 34.5 Å². The molecule has 0 aliphatic carbocycles. The summed E-state index contributed by atoms with van der Waals surface area (Å²) in [6.07, 6.45) is 0.181. The zero-order valence-electron chi connectivity index (χ0n) is 17.3. The van der Waals surface area contributed by atoms with Gasteiger partial charge in [0.2, 0.25) is 5.91 Å². The third-order valence-electron chi connectivity index (χ3n) is 5.27. The molecule has 3 aromatic rings. The lowest BCUT2D eigenvalue weighted by molar-refractivity contribution is -0.115. The van der Waals surface area contributed by atoms with Gasteiger partial charge in [-0.05, 0) is 36.9 Å². The van der Waals surface area contributed by atoms with Crippen LogP contribution in [0.1, 0.15) is 11.3 Å². The molecular weight excluding hydrogens is 451 g/mol. The zero-order valence-corrected chi connectivity index (χ0v) is 19.6. The highest BCUT2D eigenvalue weighted by molar-refractivity contribution is 7.13. The highest BCUT2D eigenvalue weighted by Crippen LogP contribution is 2.27. The second kappa shape index (κ2) is 10.1. The fourth-order valence-electron chi connectivity index (χ4n) is 3.54. The molecule has 0 radical (unpaired) electrons. The summed E-state index contributed by atoms with van der Waals surface area (Å²) in [6, 6.07) is 13.5. The van der Waals surface area contributed by atoms with E-state index in [9.17, 15) is 4.79 Å². The molecule has 1 amide bonds. The number of halogens is 2. The van der Waals surface area contributed by atoms with Crippen molar-refractivity contribution in [1.82, 2.24) is 14.8 Å². The largest absolute Gasteiger partial charge is 0.324 e. The van der Waals surface area contributed by atoms with Crippen LogP contribution in [0.5, 0.6) is 0 Å². The molecule has 1 aliphatic rings. The molecule has 1 saturated heterocycles. The molecular formula is C23H24Cl2N4OS. The molecule has 8 heteroatoms. The standard InChI is InChI=1S/C23H24Cl2N4OS/c1-28-7-9-29(10-8-28)14-16-3-2-4-17(11-16)23-26-19(15-31-23)13-22(30)27-21-12-18(24)5-6-20(21)25/h2-6,11-12,15H,7-10,13-14H2,1H3,(H,27,30). The van der Waals surface area contributed by atoms with E-state index >= 15 is 0 Å². The predicted octanol–water partition coefficient (Wildman–Crippen LogP) is 5.05. The Morgan fingerprint density at radius 3 is 2.74 bits per heavy atom. The summed E-state index contributed by atoms with van der Waals surface area (Å²) in [5.74, 6) is -0.176. The van der Waals surface area contributed by atoms with Crippen molar-refractivity contribution < 1.29 is 4.79 Å². The Kier molecular flexibility index (Phi) is 7.25. The molecule has 5 nitrogen and oxygen atoms in total. The van der Waals surface area contributed by atoms with Crippen LogP contribution in [-0.4, -0.2) is 53.9 Å². The second-order valence-electron chi connectivity index (χ2n) is 7.77. The summed E-state index contributed by atoms with van der Waals surface area (Å²) in [5, 5.41) is 6.63. The van der Waals surface area contributed by atoms with Crippen LogP contribution in [0, 0.1) is 0 Å². The van der Waals surface area contributed by atoms with Gasteiger partial charge < -0.3 is 10.2 Å². The van der Waals surface area contributed by atoms with Gasteiger partial charge in [0.1, 0.15) is 5.01 Å². The predicted molar refractivity (Wildman–Crippen MR) is 129 cm³/mol. The van der Waals surface area contributed by atoms with Crippen LogP contribution in [0.2, 0.25) is 10.0 Å². The Morgan fingerprint density at radius 1 is 1.13 bits per heavy atom. The van der Waals surface area contributed by atoms with E-state index in [2.05, 4.69) is 51.4 Å². The monoisotopic (exact) mass is 474 g/mol. The molecule has 0 spiro atoms. The topological polar surface area (TPSA) is 48.5 Å². The van der Waals surface area contributed by atoms with Gasteiger partial charge in [0.15, 0.2) is 0 Å². The van der Waals surface area contributed by atoms with Gasteiger partial charge in [-0.1, -0.05) is 41.4 Å². The molecule has 1 aromatic heterocycles. The number of amides is 1. The normalized spacial score (nSPS) is 15.2. The van der Waals surface area contributed by atoms with Gasteiger partial charge in [-0.3, -0.25) is 9.69 Å². The molecule has 2 heterocycles. The molecule has 2 aromatic carbocycles. The Balaban J connectivity index is 1.39. The second-order valence-corrected chi connectivity index (χ2v) is 9.47. The molecule has 0 saturated carbocycles. The van der Waals surface area contributed by atoms with Crippen LogP contribution in [0.25, 0.3) is 10.6 Å². The fraction of sp³-hybridized carbons (Fsp3) is 0.304. The summed E-state index contributed by atoms with van der Waals surface area (Å²) < 4.78 is 0. The summed E-state index contributed by atoms with van der Waals surface area (Å²) >= 11 is 13.7. The van der Waals surface area contributed by atoms with E-state index in [1.165, 1.54) is 5.56 Å². The average molecular weight is 475 g/mol. The molecule has 0 bridgehead atoms. The molecule has 0 atom stereocenters. The van der Waals surface area contributed by atoms with E-state index in [-0.39, 0.29) is 12.3 Å². The van der Waals surface area contributed by atoms with Crippen LogP contribution in [0.4, 0.5) is 5.69 Å². The third-order valence-corrected chi connectivity index (χ3v) is 6.78. The molecule has 1 aliphatic heterocycles. The molecule has 31 heavy (non-hydrogen) atoms. The molecule has 1 fully saturated rings. The van der Waals surface area contributed by atoms with Crippen LogP contribution < -0.4 is 5.32 Å². The lowest BCUT2D eigenvalue weighted by Crippen LogP contribution is -2.43. The number of aromatic nitrogens is 1. The van der Waals surface area contributed by atoms with E-state index < -0.39 is 0 Å². The fourth-order valence-corrected chi connectivity index (χ4v) is 4.69. The number of piperazine rings is 1. The Bertz CT molecular complexity index is 1060. The number of rotatable bonds is 6. The van der Waals surface area contributed by atoms with E-state index in [0.717, 1.165) is 49.0 Å². The average Bonchev–Trinajstić information content (AvgIpc) is 3.21. The Hall–Kier alpha value is -1.96. The van der Waals surface area contributed by atoms with Gasteiger partial charge in [0, 0.05) is 48.7 Å². The van der Waals surface area contributed by atoms with Crippen molar-refractivity contribution in [2.24, 2.45) is 0 Å². The maximum Gasteiger partial charge on any atom is 0.230 e. The highest BCUT2D eigenvalue weighted by atomic mass is 35.5. The highest BCUT2D eigenvalue weighted by Gasteiger charge is 2.15. The van der Waals surface area contributed by atoms with Crippen LogP contribution in [-0.2, 0) is 17.8 Å². The van der Waals surface area contributed by atoms with Gasteiger partial charge in [0.25, 0.3) is 0 Å². The van der Waals surface area contributed by atoms with Gasteiger partial charge in [-0.25, -0.2) is 4.98 Å². The summed E-state index contributed by atoms with van der Waals surface area (Å²) in [7, 11) is 2.17. The van der Waals surface area contributed by atoms with Crippen LogP contribution in [0.15, 0.2) is 47.8 Å². The van der Waals surface area contributed by atoms with Crippen molar-refractivity contribution in [3.05, 3.63) is 69.1 Å². The minimum Gasteiger partial charge on any atom is -0.324 e. The number of hydrogen-bond acceptors (Lipinski definition) is 5. The van der Waals surface area contributed by atoms with Crippen molar-refractivity contribution in [2.75, 3.05) is 38.5 Å². The van der Waals surface area contributed by atoms with Gasteiger partial charge in [0.05, 0.1) is 22.8 Å². The van der Waals surface area contributed by atoms with Crippen LogP contribution in [0.3, 0.4) is 0 Å². The Morgan fingerprint density at radius 2 is 1.94 bits per heavy atom. The van der Waals surface area contributed by atoms with Crippen molar-refractivity contribution in [1.29, 1.82) is 0 Å². The van der Waals surface area contributed by atoms with Gasteiger partial charge in [-0.15, -0.1) is 11.3 Å². The number of thiazole rings is 1. The number of hydrogen-bond donors (Lipinski definition) is 1. The third kappa shape index (κ3) is 6.05. The first kappa shape index (κ1) is 22.2. The number of benzene rings is 2. The zero-order chi connectivity index (χ0) is 21.8. The number of carbonyl (C=O) groups excluding carboxylic acids is 1. The molecule has 162 valence electrons. The number of likely N-dealkylation sites (N-methyl/N-ethyl adjacent to an activating group) is 1. The first-order chi connectivity index (χ1) is 15.0. The van der Waals surface area contributed by atoms with Gasteiger partial charge >= 0.3 is 0 Å². The summed E-state index contributed by atoms with van der Waals surface area (Å²) in [4.78, 5) is 22.0.